The van der Waals surface area contributed by atoms with Gasteiger partial charge in [-0.1, -0.05) is 0 Å². The fourth-order valence-corrected chi connectivity index (χ4v) is 1.64. The third-order valence-electron chi connectivity index (χ3n) is 2.45. The lowest BCUT2D eigenvalue weighted by Crippen LogP contribution is -2.38. The Balaban J connectivity index is 2.18. The van der Waals surface area contributed by atoms with E-state index in [0.717, 1.165) is 0 Å². The summed E-state index contributed by atoms with van der Waals surface area (Å²) in [6.07, 6.45) is -3.33. The number of carbonyl (C=O) groups is 1. The predicted molar refractivity (Wildman–Crippen MR) is 47.4 cm³/mol. The van der Waals surface area contributed by atoms with E-state index in [1.807, 2.05) is 5.32 Å². The number of amides is 1. The molecule has 2 atom stereocenters. The molecule has 1 N–H and O–H groups in total. The summed E-state index contributed by atoms with van der Waals surface area (Å²) in [4.78, 5) is 11.4. The molecule has 0 saturated carbocycles. The number of alkyl halides is 3. The number of carbonyl (C=O) groups excluding carboxylic acids is 1. The number of nitrogens with zero attached hydrogens (tertiary/aromatic N) is 2. The van der Waals surface area contributed by atoms with Gasteiger partial charge in [0.1, 0.15) is 6.04 Å². The van der Waals surface area contributed by atoms with Crippen LogP contribution in [0, 0.1) is 0 Å². The van der Waals surface area contributed by atoms with Crippen molar-refractivity contribution in [3.05, 3.63) is 24.0 Å². The number of hydrogen-bond acceptors (Lipinski definition) is 3. The zero-order chi connectivity index (χ0) is 11.8. The molecule has 0 aliphatic carbocycles. The van der Waals surface area contributed by atoms with Crippen LogP contribution in [0.15, 0.2) is 18.3 Å². The van der Waals surface area contributed by atoms with Crippen LogP contribution >= 0.6 is 0 Å². The lowest BCUT2D eigenvalue weighted by molar-refractivity contribution is -0.154. The Bertz CT molecular complexity index is 393. The average molecular weight is 231 g/mol. The van der Waals surface area contributed by atoms with Gasteiger partial charge in [-0.15, -0.1) is 0 Å². The van der Waals surface area contributed by atoms with Crippen LogP contribution in [0.2, 0.25) is 0 Å². The van der Waals surface area contributed by atoms with Crippen molar-refractivity contribution in [3.8, 4) is 0 Å². The Kier molecular flexibility index (Phi) is 2.53. The van der Waals surface area contributed by atoms with Gasteiger partial charge >= 0.3 is 6.18 Å². The number of nitrogens with one attached hydrogen (secondary N) is 1. The minimum absolute atomic E-state index is 0.270. The zero-order valence-electron chi connectivity index (χ0n) is 8.03. The van der Waals surface area contributed by atoms with Crippen molar-refractivity contribution >= 4 is 5.91 Å². The average Bonchev–Trinajstić information content (AvgIpc) is 2.61. The first-order valence-corrected chi connectivity index (χ1v) is 4.63. The first kappa shape index (κ1) is 10.8. The van der Waals surface area contributed by atoms with Gasteiger partial charge in [-0.2, -0.15) is 23.4 Å². The molecule has 0 bridgehead atoms. The Morgan fingerprint density at radius 2 is 2.19 bits per heavy atom. The van der Waals surface area contributed by atoms with Crippen LogP contribution in [0.3, 0.4) is 0 Å². The fraction of sp³-hybridized carbons (Fsp3) is 0.444. The Hall–Kier alpha value is -1.66. The number of rotatable bonds is 1. The Morgan fingerprint density at radius 3 is 2.69 bits per heavy atom. The van der Waals surface area contributed by atoms with Crippen LogP contribution in [0.1, 0.15) is 18.0 Å². The lowest BCUT2D eigenvalue weighted by Gasteiger charge is -2.13. The zero-order valence-corrected chi connectivity index (χ0v) is 8.03. The molecule has 7 heteroatoms. The van der Waals surface area contributed by atoms with Gasteiger partial charge in [-0.25, -0.2) is 0 Å². The highest BCUT2D eigenvalue weighted by Gasteiger charge is 2.48. The van der Waals surface area contributed by atoms with Crippen molar-refractivity contribution in [2.45, 2.75) is 24.6 Å². The summed E-state index contributed by atoms with van der Waals surface area (Å²) in [5, 5.41) is 9.10. The maximum atomic E-state index is 12.4. The molecule has 86 valence electrons. The molecule has 0 aromatic carbocycles. The van der Waals surface area contributed by atoms with Gasteiger partial charge in [-0.3, -0.25) is 4.79 Å². The van der Waals surface area contributed by atoms with Crippen molar-refractivity contribution in [2.75, 3.05) is 0 Å². The van der Waals surface area contributed by atoms with Gasteiger partial charge in [0.05, 0.1) is 11.6 Å². The molecule has 0 spiro atoms. The molecule has 1 aliphatic rings. The largest absolute Gasteiger partial charge is 0.408 e. The number of halogens is 3. The van der Waals surface area contributed by atoms with Gasteiger partial charge in [0.25, 0.3) is 0 Å². The second-order valence-corrected chi connectivity index (χ2v) is 3.54. The number of hydrogen-bond donors (Lipinski definition) is 1. The second kappa shape index (κ2) is 3.73. The maximum absolute atomic E-state index is 12.4. The molecule has 1 saturated heterocycles. The van der Waals surface area contributed by atoms with Gasteiger partial charge in [0.2, 0.25) is 5.91 Å². The van der Waals surface area contributed by atoms with E-state index in [9.17, 15) is 18.0 Å². The van der Waals surface area contributed by atoms with Gasteiger partial charge in [-0.05, 0) is 18.6 Å². The Labute approximate surface area is 88.9 Å². The van der Waals surface area contributed by atoms with Crippen LogP contribution in [0.5, 0.6) is 0 Å². The highest BCUT2D eigenvalue weighted by atomic mass is 19.4. The van der Waals surface area contributed by atoms with Crippen LogP contribution < -0.4 is 5.32 Å². The maximum Gasteiger partial charge on any atom is 0.408 e. The summed E-state index contributed by atoms with van der Waals surface area (Å²) in [6, 6.07) is 1.25. The van der Waals surface area contributed by atoms with E-state index in [1.54, 1.807) is 0 Å². The van der Waals surface area contributed by atoms with Crippen LogP contribution in [0.25, 0.3) is 0 Å². The van der Waals surface area contributed by atoms with Crippen molar-refractivity contribution < 1.29 is 18.0 Å². The predicted octanol–water partition coefficient (Wildman–Crippen LogP) is 1.01. The molecule has 2 unspecified atom stereocenters. The summed E-state index contributed by atoms with van der Waals surface area (Å²) in [7, 11) is 0. The molecule has 2 heterocycles. The van der Waals surface area contributed by atoms with Crippen LogP contribution in [0.4, 0.5) is 13.2 Å². The first-order chi connectivity index (χ1) is 7.48. The molecule has 1 amide bonds. The minimum atomic E-state index is -4.41. The van der Waals surface area contributed by atoms with Gasteiger partial charge in [0, 0.05) is 6.20 Å². The third-order valence-corrected chi connectivity index (χ3v) is 2.45. The van der Waals surface area contributed by atoms with E-state index in [4.69, 9.17) is 0 Å². The normalized spacial score (nSPS) is 25.6. The fourth-order valence-electron chi connectivity index (χ4n) is 1.64. The second-order valence-electron chi connectivity index (χ2n) is 3.54. The summed E-state index contributed by atoms with van der Waals surface area (Å²) in [5.74, 6) is -1.51. The van der Waals surface area contributed by atoms with E-state index in [2.05, 4.69) is 10.2 Å². The van der Waals surface area contributed by atoms with E-state index in [0.29, 0.717) is 0 Å². The Morgan fingerprint density at radius 1 is 1.44 bits per heavy atom. The molecule has 4 nitrogen and oxygen atoms in total. The quantitative estimate of drug-likeness (QED) is 0.784. The molecule has 1 fully saturated rings. The van der Waals surface area contributed by atoms with Crippen molar-refractivity contribution in [3.63, 3.8) is 0 Å². The minimum Gasteiger partial charge on any atom is -0.344 e. The van der Waals surface area contributed by atoms with Gasteiger partial charge in [0.15, 0.2) is 0 Å². The van der Waals surface area contributed by atoms with E-state index >= 15 is 0 Å². The molecule has 1 aromatic heterocycles. The van der Waals surface area contributed by atoms with E-state index in [1.165, 1.54) is 18.3 Å². The summed E-state index contributed by atoms with van der Waals surface area (Å²) >= 11 is 0. The third kappa shape index (κ3) is 1.98. The summed E-state index contributed by atoms with van der Waals surface area (Å²) in [5.41, 5.74) is 0.270. The molecule has 16 heavy (non-hydrogen) atoms. The molecular weight excluding hydrogens is 223 g/mol. The molecule has 2 rings (SSSR count). The molecule has 1 aliphatic heterocycles. The molecular formula is C9H8F3N3O. The standard InChI is InChI=1S/C9H8F3N3O/c10-9(11,12)7-4-5(8(16)14-7)6-2-1-3-13-15-6/h1-3,5,7H,4H2,(H,14,16). The van der Waals surface area contributed by atoms with Crippen molar-refractivity contribution in [2.24, 2.45) is 0 Å². The first-order valence-electron chi connectivity index (χ1n) is 4.63. The molecule has 1 aromatic rings. The van der Waals surface area contributed by atoms with E-state index < -0.39 is 24.0 Å². The summed E-state index contributed by atoms with van der Waals surface area (Å²) in [6.45, 7) is 0. The number of aromatic nitrogens is 2. The van der Waals surface area contributed by atoms with Gasteiger partial charge < -0.3 is 5.32 Å². The monoisotopic (exact) mass is 231 g/mol. The SMILES string of the molecule is O=C1NC(C(F)(F)F)CC1c1cccnn1. The highest BCUT2D eigenvalue weighted by molar-refractivity contribution is 5.85. The summed E-state index contributed by atoms with van der Waals surface area (Å²) < 4.78 is 37.1. The van der Waals surface area contributed by atoms with Crippen LogP contribution in [-0.2, 0) is 4.79 Å². The molecule has 0 radical (unpaired) electrons. The van der Waals surface area contributed by atoms with Crippen LogP contribution in [-0.4, -0.2) is 28.3 Å². The van der Waals surface area contributed by atoms with Crippen molar-refractivity contribution in [1.82, 2.24) is 15.5 Å². The topological polar surface area (TPSA) is 54.9 Å². The van der Waals surface area contributed by atoms with E-state index in [-0.39, 0.29) is 12.1 Å². The highest BCUT2D eigenvalue weighted by Crippen LogP contribution is 2.33. The van der Waals surface area contributed by atoms with Crippen molar-refractivity contribution in [1.29, 1.82) is 0 Å². The lowest BCUT2D eigenvalue weighted by atomic mass is 10.0. The smallest absolute Gasteiger partial charge is 0.344 e.